The zero-order valence-corrected chi connectivity index (χ0v) is 15.1. The summed E-state index contributed by atoms with van der Waals surface area (Å²) in [5.74, 6) is -0.290. The van der Waals surface area contributed by atoms with E-state index in [0.717, 1.165) is 0 Å². The molecule has 108 valence electrons. The van der Waals surface area contributed by atoms with Crippen molar-refractivity contribution < 1.29 is 9.90 Å². The minimum atomic E-state index is -0.345. The number of aromatic nitrogens is 1. The fraction of sp³-hybridized carbons (Fsp3) is 0. The summed E-state index contributed by atoms with van der Waals surface area (Å²) in [6.07, 6.45) is 4.48. The number of phenolic OH excluding ortho intramolecular Hbond substituents is 1. The predicted molar refractivity (Wildman–Crippen MR) is 90.5 cm³/mol. The van der Waals surface area contributed by atoms with Gasteiger partial charge in [0, 0.05) is 28.0 Å². The van der Waals surface area contributed by atoms with E-state index >= 15 is 0 Å². The monoisotopic (exact) mass is 475 g/mol. The van der Waals surface area contributed by atoms with Gasteiger partial charge < -0.3 is 5.11 Å². The smallest absolute Gasteiger partial charge is 0.271 e. The first-order chi connectivity index (χ1) is 10.0. The van der Waals surface area contributed by atoms with Gasteiger partial charge in [0.15, 0.2) is 0 Å². The summed E-state index contributed by atoms with van der Waals surface area (Å²) in [5, 5.41) is 13.7. The third-order valence-corrected chi connectivity index (χ3v) is 4.55. The summed E-state index contributed by atoms with van der Waals surface area (Å²) in [7, 11) is 0. The molecule has 0 fully saturated rings. The van der Waals surface area contributed by atoms with Gasteiger partial charge in [-0.1, -0.05) is 15.9 Å². The fourth-order valence-corrected chi connectivity index (χ4v) is 3.76. The molecule has 0 unspecified atom stereocenters. The third-order valence-electron chi connectivity index (χ3n) is 2.48. The molecule has 1 aromatic heterocycles. The number of phenols is 1. The van der Waals surface area contributed by atoms with Crippen LogP contribution < -0.4 is 5.43 Å². The van der Waals surface area contributed by atoms with Crippen molar-refractivity contribution in [3.8, 4) is 5.75 Å². The molecule has 0 aliphatic rings. The Kier molecular flexibility index (Phi) is 5.49. The average Bonchev–Trinajstić information content (AvgIpc) is 2.49. The van der Waals surface area contributed by atoms with E-state index in [9.17, 15) is 9.90 Å². The van der Waals surface area contributed by atoms with E-state index in [-0.39, 0.29) is 11.7 Å². The van der Waals surface area contributed by atoms with Gasteiger partial charge in [0.1, 0.15) is 5.75 Å². The second kappa shape index (κ2) is 7.15. The highest BCUT2D eigenvalue weighted by Crippen LogP contribution is 2.38. The molecule has 5 nitrogen and oxygen atoms in total. The lowest BCUT2D eigenvalue weighted by Crippen LogP contribution is -2.17. The topological polar surface area (TPSA) is 74.6 Å². The standard InChI is InChI=1S/C13H8Br3N3O2/c14-9-5-10(15)12(20)11(16)8(9)6-18-19-13(21)7-1-3-17-4-2-7/h1-6,20H,(H,19,21)/b18-6+. The number of hydrazone groups is 1. The second-order valence-electron chi connectivity index (χ2n) is 3.85. The number of rotatable bonds is 3. The van der Waals surface area contributed by atoms with Gasteiger partial charge in [-0.25, -0.2) is 5.43 Å². The Hall–Kier alpha value is -1.25. The lowest BCUT2D eigenvalue weighted by molar-refractivity contribution is 0.0955. The molecule has 0 spiro atoms. The number of aromatic hydroxyl groups is 1. The number of nitrogens with one attached hydrogen (secondary N) is 1. The predicted octanol–water partition coefficient (Wildman–Crippen LogP) is 3.84. The molecule has 0 saturated heterocycles. The maximum atomic E-state index is 11.8. The van der Waals surface area contributed by atoms with E-state index < -0.39 is 0 Å². The summed E-state index contributed by atoms with van der Waals surface area (Å²) < 4.78 is 1.71. The Labute approximate surface area is 145 Å². The van der Waals surface area contributed by atoms with Gasteiger partial charge in [-0.05, 0) is 50.1 Å². The van der Waals surface area contributed by atoms with Crippen LogP contribution in [0.3, 0.4) is 0 Å². The highest BCUT2D eigenvalue weighted by molar-refractivity contribution is 9.11. The highest BCUT2D eigenvalue weighted by atomic mass is 79.9. The number of pyridine rings is 1. The summed E-state index contributed by atoms with van der Waals surface area (Å²) in [6.45, 7) is 0. The van der Waals surface area contributed by atoms with Crippen LogP contribution in [0.5, 0.6) is 5.75 Å². The van der Waals surface area contributed by atoms with Gasteiger partial charge in [0.2, 0.25) is 0 Å². The van der Waals surface area contributed by atoms with E-state index in [1.54, 1.807) is 18.2 Å². The number of carbonyl (C=O) groups is 1. The van der Waals surface area contributed by atoms with Crippen molar-refractivity contribution in [2.75, 3.05) is 0 Å². The van der Waals surface area contributed by atoms with E-state index in [0.29, 0.717) is 24.5 Å². The van der Waals surface area contributed by atoms with Crippen molar-refractivity contribution in [3.63, 3.8) is 0 Å². The average molecular weight is 478 g/mol. The Bertz CT molecular complexity index is 706. The first-order valence-electron chi connectivity index (χ1n) is 5.60. The van der Waals surface area contributed by atoms with E-state index in [2.05, 4.69) is 63.3 Å². The van der Waals surface area contributed by atoms with Crippen molar-refractivity contribution in [3.05, 3.63) is 55.1 Å². The number of halogens is 3. The Balaban J connectivity index is 2.16. The number of hydrogen-bond acceptors (Lipinski definition) is 4. The summed E-state index contributed by atoms with van der Waals surface area (Å²) in [5.41, 5.74) is 3.46. The van der Waals surface area contributed by atoms with Crippen LogP contribution in [0.15, 0.2) is 49.1 Å². The number of amides is 1. The van der Waals surface area contributed by atoms with Crippen LogP contribution in [0.25, 0.3) is 0 Å². The molecule has 0 radical (unpaired) electrons. The SMILES string of the molecule is O=C(N/N=C/c1c(Br)cc(Br)c(O)c1Br)c1ccncc1. The normalized spacial score (nSPS) is 10.8. The molecule has 21 heavy (non-hydrogen) atoms. The number of nitrogens with zero attached hydrogens (tertiary/aromatic N) is 2. The molecular weight excluding hydrogens is 470 g/mol. The van der Waals surface area contributed by atoms with E-state index in [1.807, 2.05) is 0 Å². The van der Waals surface area contributed by atoms with Gasteiger partial charge in [0.25, 0.3) is 5.91 Å². The van der Waals surface area contributed by atoms with Crippen LogP contribution in [0.2, 0.25) is 0 Å². The fourth-order valence-electron chi connectivity index (χ4n) is 1.44. The second-order valence-corrected chi connectivity index (χ2v) is 6.35. The Morgan fingerprint density at radius 1 is 1.24 bits per heavy atom. The maximum Gasteiger partial charge on any atom is 0.271 e. The van der Waals surface area contributed by atoms with Crippen molar-refractivity contribution in [2.45, 2.75) is 0 Å². The molecular formula is C13H8Br3N3O2. The van der Waals surface area contributed by atoms with Crippen LogP contribution >= 0.6 is 47.8 Å². The van der Waals surface area contributed by atoms with Crippen molar-refractivity contribution in [1.82, 2.24) is 10.4 Å². The summed E-state index contributed by atoms with van der Waals surface area (Å²) in [6, 6.07) is 4.86. The number of benzene rings is 1. The molecule has 1 heterocycles. The van der Waals surface area contributed by atoms with Crippen LogP contribution in [-0.4, -0.2) is 22.2 Å². The quantitative estimate of drug-likeness (QED) is 0.521. The molecule has 2 rings (SSSR count). The first kappa shape index (κ1) is 16.1. The molecule has 1 amide bonds. The van der Waals surface area contributed by atoms with Crippen molar-refractivity contribution >= 4 is 59.9 Å². The maximum absolute atomic E-state index is 11.8. The Morgan fingerprint density at radius 3 is 2.57 bits per heavy atom. The molecule has 0 atom stereocenters. The molecule has 0 aliphatic carbocycles. The number of hydrogen-bond donors (Lipinski definition) is 2. The van der Waals surface area contributed by atoms with Crippen LogP contribution in [0.4, 0.5) is 0 Å². The minimum absolute atomic E-state index is 0.0557. The van der Waals surface area contributed by atoms with Crippen LogP contribution in [-0.2, 0) is 0 Å². The molecule has 0 aliphatic heterocycles. The first-order valence-corrected chi connectivity index (χ1v) is 7.98. The highest BCUT2D eigenvalue weighted by Gasteiger charge is 2.12. The summed E-state index contributed by atoms with van der Waals surface area (Å²) >= 11 is 9.86. The van der Waals surface area contributed by atoms with Gasteiger partial charge in [0.05, 0.1) is 15.2 Å². The molecule has 1 aromatic carbocycles. The van der Waals surface area contributed by atoms with E-state index in [4.69, 9.17) is 0 Å². The molecule has 2 N–H and O–H groups in total. The summed E-state index contributed by atoms with van der Waals surface area (Å²) in [4.78, 5) is 15.6. The third kappa shape index (κ3) is 3.90. The molecule has 2 aromatic rings. The zero-order chi connectivity index (χ0) is 15.4. The molecule has 0 bridgehead atoms. The van der Waals surface area contributed by atoms with Crippen molar-refractivity contribution in [1.29, 1.82) is 0 Å². The van der Waals surface area contributed by atoms with Crippen LogP contribution in [0, 0.1) is 0 Å². The van der Waals surface area contributed by atoms with E-state index in [1.165, 1.54) is 18.6 Å². The van der Waals surface area contributed by atoms with Gasteiger partial charge in [-0.3, -0.25) is 9.78 Å². The zero-order valence-electron chi connectivity index (χ0n) is 10.3. The number of carbonyl (C=O) groups excluding carboxylic acids is 1. The lowest BCUT2D eigenvalue weighted by atomic mass is 10.2. The minimum Gasteiger partial charge on any atom is -0.506 e. The molecule has 0 saturated carbocycles. The van der Waals surface area contributed by atoms with Gasteiger partial charge in [-0.15, -0.1) is 0 Å². The molecule has 8 heteroatoms. The Morgan fingerprint density at radius 2 is 1.90 bits per heavy atom. The van der Waals surface area contributed by atoms with Crippen molar-refractivity contribution in [2.24, 2.45) is 5.10 Å². The van der Waals surface area contributed by atoms with Gasteiger partial charge in [-0.2, -0.15) is 5.10 Å². The van der Waals surface area contributed by atoms with Gasteiger partial charge >= 0.3 is 0 Å². The lowest BCUT2D eigenvalue weighted by Gasteiger charge is -2.06. The largest absolute Gasteiger partial charge is 0.506 e. The van der Waals surface area contributed by atoms with Crippen LogP contribution in [0.1, 0.15) is 15.9 Å².